The van der Waals surface area contributed by atoms with E-state index in [2.05, 4.69) is 15.4 Å². The number of hydrazone groups is 1. The Balaban J connectivity index is 1.35. The Labute approximate surface area is 237 Å². The van der Waals surface area contributed by atoms with Gasteiger partial charge in [-0.3, -0.25) is 9.59 Å². The third-order valence-electron chi connectivity index (χ3n) is 6.49. The third kappa shape index (κ3) is 6.95. The first-order chi connectivity index (χ1) is 19.3. The smallest absolute Gasteiger partial charge is 0.271 e. The molecule has 4 rings (SSSR count). The number of phenolic OH excluding ortho intramolecular Hbond substituents is 1. The summed E-state index contributed by atoms with van der Waals surface area (Å²) in [5.41, 5.74) is 5.05. The standard InChI is InChI=1S/C29H31ClN4O6/c1-19-14-21(4-9-24(19)35)29(37)32-31-17-20-15-25(38-2)28(26(16-20)39-3)40-18-27(36)34-12-10-33(11-13-34)23-7-5-22(30)6-8-23/h4-9,14-17,35H,10-13,18H2,1-3H3,(H,32,37)/b31-17+. The molecule has 1 fully saturated rings. The predicted octanol–water partition coefficient (Wildman–Crippen LogP) is 3.86. The van der Waals surface area contributed by atoms with Gasteiger partial charge in [0.25, 0.3) is 11.8 Å². The predicted molar refractivity (Wildman–Crippen MR) is 153 cm³/mol. The van der Waals surface area contributed by atoms with Gasteiger partial charge in [-0.1, -0.05) is 11.6 Å². The Kier molecular flexibility index (Phi) is 9.34. The summed E-state index contributed by atoms with van der Waals surface area (Å²) < 4.78 is 16.8. The van der Waals surface area contributed by atoms with Crippen LogP contribution in [0, 0.1) is 6.92 Å². The molecule has 1 saturated heterocycles. The van der Waals surface area contributed by atoms with E-state index in [1.54, 1.807) is 30.0 Å². The molecule has 1 aliphatic rings. The van der Waals surface area contributed by atoms with E-state index in [0.717, 1.165) is 5.69 Å². The van der Waals surface area contributed by atoms with Gasteiger partial charge in [0.15, 0.2) is 18.1 Å². The lowest BCUT2D eigenvalue weighted by molar-refractivity contribution is -0.133. The van der Waals surface area contributed by atoms with Crippen molar-refractivity contribution in [3.8, 4) is 23.0 Å². The fraction of sp³-hybridized carbons (Fsp3) is 0.276. The maximum atomic E-state index is 12.9. The zero-order chi connectivity index (χ0) is 28.6. The first-order valence-electron chi connectivity index (χ1n) is 12.6. The van der Waals surface area contributed by atoms with Gasteiger partial charge in [-0.05, 0) is 67.1 Å². The molecule has 1 heterocycles. The van der Waals surface area contributed by atoms with Gasteiger partial charge in [0.1, 0.15) is 5.75 Å². The molecule has 1 aliphatic heterocycles. The van der Waals surface area contributed by atoms with Crippen LogP contribution in [0.5, 0.6) is 23.0 Å². The van der Waals surface area contributed by atoms with Gasteiger partial charge in [-0.25, -0.2) is 5.43 Å². The van der Waals surface area contributed by atoms with Crippen LogP contribution < -0.4 is 24.5 Å². The van der Waals surface area contributed by atoms with Crippen LogP contribution in [-0.4, -0.2) is 75.0 Å². The number of nitrogens with one attached hydrogen (secondary N) is 1. The fourth-order valence-electron chi connectivity index (χ4n) is 4.23. The minimum absolute atomic E-state index is 0.111. The van der Waals surface area contributed by atoms with Crippen LogP contribution in [0.4, 0.5) is 5.69 Å². The van der Waals surface area contributed by atoms with Gasteiger partial charge in [-0.2, -0.15) is 5.10 Å². The molecule has 0 radical (unpaired) electrons. The Morgan fingerprint density at radius 1 is 1.00 bits per heavy atom. The number of aromatic hydroxyl groups is 1. The van der Waals surface area contributed by atoms with Crippen molar-refractivity contribution in [1.29, 1.82) is 0 Å². The summed E-state index contributed by atoms with van der Waals surface area (Å²) in [5.74, 6) is 0.533. The lowest BCUT2D eigenvalue weighted by Gasteiger charge is -2.36. The summed E-state index contributed by atoms with van der Waals surface area (Å²) in [5, 5.41) is 14.3. The van der Waals surface area contributed by atoms with Crippen LogP contribution in [0.25, 0.3) is 0 Å². The molecular formula is C29H31ClN4O6. The van der Waals surface area contributed by atoms with Crippen LogP contribution in [0.15, 0.2) is 59.7 Å². The SMILES string of the molecule is COc1cc(/C=N/NC(=O)c2ccc(O)c(C)c2)cc(OC)c1OCC(=O)N1CCN(c2ccc(Cl)cc2)CC1. The Hall–Kier alpha value is -4.44. The molecule has 0 saturated carbocycles. The number of anilines is 1. The van der Waals surface area contributed by atoms with Crippen LogP contribution in [-0.2, 0) is 4.79 Å². The molecule has 0 atom stereocenters. The molecule has 0 aliphatic carbocycles. The van der Waals surface area contributed by atoms with E-state index in [4.69, 9.17) is 25.8 Å². The molecule has 10 nitrogen and oxygen atoms in total. The van der Waals surface area contributed by atoms with E-state index in [1.165, 1.54) is 32.6 Å². The zero-order valence-corrected chi connectivity index (χ0v) is 23.3. The van der Waals surface area contributed by atoms with E-state index in [0.29, 0.717) is 65.1 Å². The van der Waals surface area contributed by atoms with Crippen LogP contribution in [0.2, 0.25) is 5.02 Å². The number of halogens is 1. The summed E-state index contributed by atoms with van der Waals surface area (Å²) in [6.07, 6.45) is 1.44. The number of benzene rings is 3. The monoisotopic (exact) mass is 566 g/mol. The van der Waals surface area contributed by atoms with E-state index in [1.807, 2.05) is 24.3 Å². The molecule has 0 aromatic heterocycles. The third-order valence-corrected chi connectivity index (χ3v) is 6.74. The Bertz CT molecular complexity index is 1360. The number of ether oxygens (including phenoxy) is 3. The number of methoxy groups -OCH3 is 2. The molecule has 2 N–H and O–H groups in total. The average molecular weight is 567 g/mol. The molecule has 3 aromatic carbocycles. The van der Waals surface area contributed by atoms with E-state index < -0.39 is 5.91 Å². The molecular weight excluding hydrogens is 536 g/mol. The van der Waals surface area contributed by atoms with E-state index in [-0.39, 0.29) is 18.3 Å². The summed E-state index contributed by atoms with van der Waals surface area (Å²) >= 11 is 5.98. The van der Waals surface area contributed by atoms with Crippen molar-refractivity contribution < 1.29 is 28.9 Å². The summed E-state index contributed by atoms with van der Waals surface area (Å²) in [7, 11) is 2.96. The molecule has 2 amide bonds. The number of amides is 2. The van der Waals surface area contributed by atoms with Gasteiger partial charge in [-0.15, -0.1) is 0 Å². The molecule has 3 aromatic rings. The van der Waals surface area contributed by atoms with Crippen molar-refractivity contribution in [2.75, 3.05) is 51.9 Å². The van der Waals surface area contributed by atoms with Crippen molar-refractivity contribution in [2.24, 2.45) is 5.10 Å². The van der Waals surface area contributed by atoms with Crippen molar-refractivity contribution in [3.63, 3.8) is 0 Å². The Morgan fingerprint density at radius 2 is 1.65 bits per heavy atom. The summed E-state index contributed by atoms with van der Waals surface area (Å²) in [6, 6.07) is 15.5. The molecule has 0 bridgehead atoms. The van der Waals surface area contributed by atoms with Gasteiger partial charge in [0.05, 0.1) is 20.4 Å². The second-order valence-electron chi connectivity index (χ2n) is 9.09. The van der Waals surface area contributed by atoms with Gasteiger partial charge in [0.2, 0.25) is 5.75 Å². The highest BCUT2D eigenvalue weighted by molar-refractivity contribution is 6.30. The zero-order valence-electron chi connectivity index (χ0n) is 22.5. The quantitative estimate of drug-likeness (QED) is 0.299. The lowest BCUT2D eigenvalue weighted by atomic mass is 10.1. The van der Waals surface area contributed by atoms with Crippen molar-refractivity contribution in [3.05, 3.63) is 76.3 Å². The first kappa shape index (κ1) is 28.6. The van der Waals surface area contributed by atoms with Crippen molar-refractivity contribution in [1.82, 2.24) is 10.3 Å². The number of hydrogen-bond acceptors (Lipinski definition) is 8. The highest BCUT2D eigenvalue weighted by Crippen LogP contribution is 2.38. The molecule has 210 valence electrons. The second kappa shape index (κ2) is 13.1. The maximum Gasteiger partial charge on any atom is 0.271 e. The average Bonchev–Trinajstić information content (AvgIpc) is 2.97. The van der Waals surface area contributed by atoms with Gasteiger partial charge >= 0.3 is 0 Å². The van der Waals surface area contributed by atoms with Gasteiger partial charge < -0.3 is 29.1 Å². The van der Waals surface area contributed by atoms with Crippen molar-refractivity contribution >= 4 is 35.3 Å². The highest BCUT2D eigenvalue weighted by Gasteiger charge is 2.23. The van der Waals surface area contributed by atoms with Crippen LogP contribution >= 0.6 is 11.6 Å². The number of hydrogen-bond donors (Lipinski definition) is 2. The lowest BCUT2D eigenvalue weighted by Crippen LogP contribution is -2.50. The fourth-order valence-corrected chi connectivity index (χ4v) is 4.36. The van der Waals surface area contributed by atoms with Crippen LogP contribution in [0.1, 0.15) is 21.5 Å². The Morgan fingerprint density at radius 3 is 2.25 bits per heavy atom. The minimum atomic E-state index is -0.425. The molecule has 0 unspecified atom stereocenters. The molecule has 40 heavy (non-hydrogen) atoms. The number of carbonyl (C=O) groups is 2. The van der Waals surface area contributed by atoms with E-state index >= 15 is 0 Å². The number of nitrogens with zero attached hydrogens (tertiary/aromatic N) is 3. The largest absolute Gasteiger partial charge is 0.508 e. The summed E-state index contributed by atoms with van der Waals surface area (Å²) in [6.45, 7) is 4.08. The van der Waals surface area contributed by atoms with Crippen LogP contribution in [0.3, 0.4) is 0 Å². The second-order valence-corrected chi connectivity index (χ2v) is 9.52. The highest BCUT2D eigenvalue weighted by atomic mass is 35.5. The van der Waals surface area contributed by atoms with Crippen molar-refractivity contribution in [2.45, 2.75) is 6.92 Å². The number of rotatable bonds is 9. The number of phenols is 1. The topological polar surface area (TPSA) is 113 Å². The number of piperazine rings is 1. The maximum absolute atomic E-state index is 12.9. The normalized spacial score (nSPS) is 13.3. The number of carbonyl (C=O) groups excluding carboxylic acids is 2. The minimum Gasteiger partial charge on any atom is -0.508 e. The number of aryl methyl sites for hydroxylation is 1. The first-order valence-corrected chi connectivity index (χ1v) is 13.0. The molecule has 11 heteroatoms. The van der Waals surface area contributed by atoms with Gasteiger partial charge in [0, 0.05) is 48.0 Å². The summed E-state index contributed by atoms with van der Waals surface area (Å²) in [4.78, 5) is 29.2. The van der Waals surface area contributed by atoms with E-state index in [9.17, 15) is 14.7 Å². The molecule has 0 spiro atoms.